The van der Waals surface area contributed by atoms with Gasteiger partial charge in [0, 0.05) is 5.57 Å². The summed E-state index contributed by atoms with van der Waals surface area (Å²) in [6, 6.07) is 0. The van der Waals surface area contributed by atoms with E-state index < -0.39 is 23.5 Å². The Hall–Kier alpha value is -1.44. The summed E-state index contributed by atoms with van der Waals surface area (Å²) in [5.41, 5.74) is 0.500. The van der Waals surface area contributed by atoms with Crippen LogP contribution in [0.25, 0.3) is 0 Å². The number of alkyl halides is 3. The summed E-state index contributed by atoms with van der Waals surface area (Å²) in [6.07, 6.45) is -3.63. The van der Waals surface area contributed by atoms with Crippen molar-refractivity contribution in [1.82, 2.24) is 0 Å². The molecule has 1 atom stereocenters. The molecule has 1 aliphatic rings. The van der Waals surface area contributed by atoms with E-state index in [1.807, 2.05) is 0 Å². The molecule has 0 amide bonds. The third-order valence-corrected chi connectivity index (χ3v) is 3.85. The molecule has 0 bridgehead atoms. The van der Waals surface area contributed by atoms with E-state index in [-0.39, 0.29) is 16.4 Å². The number of carbonyl (C=O) groups is 2. The van der Waals surface area contributed by atoms with Crippen LogP contribution >= 0.6 is 11.8 Å². The lowest BCUT2D eigenvalue weighted by molar-refractivity contribution is -0.198. The van der Waals surface area contributed by atoms with Gasteiger partial charge in [0.15, 0.2) is 0 Å². The van der Waals surface area contributed by atoms with Crippen molar-refractivity contribution in [3.63, 3.8) is 0 Å². The second-order valence-electron chi connectivity index (χ2n) is 4.53. The maximum absolute atomic E-state index is 12.0. The second kappa shape index (κ2) is 5.51. The number of hydrogen-bond donors (Lipinski definition) is 1. The third kappa shape index (κ3) is 3.56. The molecule has 1 aliphatic heterocycles. The first kappa shape index (κ1) is 16.6. The fraction of sp³-hybridized carbons (Fsp3) is 0.500. The molecule has 0 saturated carbocycles. The molecule has 112 valence electrons. The van der Waals surface area contributed by atoms with Gasteiger partial charge in [0.2, 0.25) is 5.12 Å². The summed E-state index contributed by atoms with van der Waals surface area (Å²) in [4.78, 5) is 22.0. The van der Waals surface area contributed by atoms with Crippen molar-refractivity contribution in [2.45, 2.75) is 31.7 Å². The van der Waals surface area contributed by atoms with E-state index in [1.54, 1.807) is 6.92 Å². The Balaban J connectivity index is 2.76. The SMILES string of the molecule is CC1=C(O)C(C)(/C=C(\C)COC(=O)C(F)(F)F)SC1=O. The van der Waals surface area contributed by atoms with Crippen molar-refractivity contribution in [2.75, 3.05) is 6.61 Å². The first-order valence-corrected chi connectivity index (χ1v) is 6.35. The van der Waals surface area contributed by atoms with Crippen LogP contribution in [0.15, 0.2) is 23.0 Å². The molecule has 1 heterocycles. The van der Waals surface area contributed by atoms with Crippen molar-refractivity contribution in [3.8, 4) is 0 Å². The van der Waals surface area contributed by atoms with Gasteiger partial charge >= 0.3 is 12.1 Å². The summed E-state index contributed by atoms with van der Waals surface area (Å²) >= 11 is 0.850. The van der Waals surface area contributed by atoms with Gasteiger partial charge in [-0.2, -0.15) is 13.2 Å². The van der Waals surface area contributed by atoms with Gasteiger partial charge in [0.25, 0.3) is 0 Å². The number of aliphatic hydroxyl groups is 1. The van der Waals surface area contributed by atoms with Crippen LogP contribution in [-0.2, 0) is 14.3 Å². The Bertz CT molecular complexity index is 507. The molecule has 1 rings (SSSR count). The molecule has 0 aromatic heterocycles. The normalized spacial score (nSPS) is 24.3. The van der Waals surface area contributed by atoms with E-state index in [4.69, 9.17) is 0 Å². The summed E-state index contributed by atoms with van der Waals surface area (Å²) in [6.45, 7) is 3.90. The van der Waals surface area contributed by atoms with Crippen LogP contribution in [0, 0.1) is 0 Å². The predicted molar refractivity (Wildman–Crippen MR) is 67.1 cm³/mol. The molecule has 1 N–H and O–H groups in total. The smallest absolute Gasteiger partial charge is 0.490 e. The molecule has 0 aromatic carbocycles. The van der Waals surface area contributed by atoms with E-state index in [2.05, 4.69) is 4.74 Å². The maximum Gasteiger partial charge on any atom is 0.490 e. The quantitative estimate of drug-likeness (QED) is 0.641. The molecule has 0 radical (unpaired) electrons. The van der Waals surface area contributed by atoms with Crippen LogP contribution in [0.4, 0.5) is 13.2 Å². The minimum absolute atomic E-state index is 0.144. The molecule has 0 spiro atoms. The van der Waals surface area contributed by atoms with Crippen molar-refractivity contribution in [3.05, 3.63) is 23.0 Å². The van der Waals surface area contributed by atoms with E-state index in [0.29, 0.717) is 5.57 Å². The summed E-state index contributed by atoms with van der Waals surface area (Å²) < 4.78 is 38.9. The van der Waals surface area contributed by atoms with Crippen molar-refractivity contribution < 1.29 is 32.6 Å². The Labute approximate surface area is 117 Å². The monoisotopic (exact) mass is 310 g/mol. The van der Waals surface area contributed by atoms with Crippen molar-refractivity contribution in [2.24, 2.45) is 0 Å². The van der Waals surface area contributed by atoms with Gasteiger partial charge < -0.3 is 9.84 Å². The fourth-order valence-electron chi connectivity index (χ4n) is 1.66. The number of thioether (sulfide) groups is 1. The minimum atomic E-state index is -5.04. The van der Waals surface area contributed by atoms with Crippen molar-refractivity contribution in [1.29, 1.82) is 0 Å². The largest absolute Gasteiger partial charge is 0.510 e. The van der Waals surface area contributed by atoms with Crippen LogP contribution in [-0.4, -0.2) is 33.7 Å². The zero-order chi connectivity index (χ0) is 15.7. The zero-order valence-corrected chi connectivity index (χ0v) is 11.8. The number of rotatable bonds is 3. The molecular formula is C12H13F3O4S. The first-order valence-electron chi connectivity index (χ1n) is 5.53. The van der Waals surface area contributed by atoms with Crippen LogP contribution in [0.1, 0.15) is 20.8 Å². The summed E-state index contributed by atoms with van der Waals surface area (Å²) in [5.74, 6) is -2.42. The summed E-state index contributed by atoms with van der Waals surface area (Å²) in [5, 5.41) is 9.54. The van der Waals surface area contributed by atoms with Gasteiger partial charge in [-0.25, -0.2) is 4.79 Å². The average molecular weight is 310 g/mol. The average Bonchev–Trinajstić information content (AvgIpc) is 2.49. The van der Waals surface area contributed by atoms with E-state index in [1.165, 1.54) is 19.9 Å². The highest BCUT2D eigenvalue weighted by Crippen LogP contribution is 2.43. The van der Waals surface area contributed by atoms with Gasteiger partial charge in [-0.15, -0.1) is 0 Å². The molecule has 4 nitrogen and oxygen atoms in total. The number of esters is 1. The Morgan fingerprint density at radius 1 is 1.50 bits per heavy atom. The van der Waals surface area contributed by atoms with Crippen molar-refractivity contribution >= 4 is 22.8 Å². The molecule has 20 heavy (non-hydrogen) atoms. The van der Waals surface area contributed by atoms with E-state index in [9.17, 15) is 27.9 Å². The zero-order valence-electron chi connectivity index (χ0n) is 11.0. The lowest BCUT2D eigenvalue weighted by Crippen LogP contribution is -2.26. The van der Waals surface area contributed by atoms with Gasteiger partial charge in [-0.1, -0.05) is 17.8 Å². The van der Waals surface area contributed by atoms with Gasteiger partial charge in [0.1, 0.15) is 12.4 Å². The molecular weight excluding hydrogens is 297 g/mol. The highest BCUT2D eigenvalue weighted by atomic mass is 32.2. The molecule has 0 fully saturated rings. The standard InChI is InChI=1S/C12H13F3O4S/c1-6(5-19-10(18)12(13,14)15)4-11(3)8(16)7(2)9(17)20-11/h4,16H,5H2,1-3H3/b6-4+. The van der Waals surface area contributed by atoms with Crippen LogP contribution < -0.4 is 0 Å². The number of halogens is 3. The highest BCUT2D eigenvalue weighted by Gasteiger charge is 2.42. The van der Waals surface area contributed by atoms with Crippen LogP contribution in [0.2, 0.25) is 0 Å². The highest BCUT2D eigenvalue weighted by molar-refractivity contribution is 8.16. The Morgan fingerprint density at radius 3 is 2.45 bits per heavy atom. The minimum Gasteiger partial charge on any atom is -0.510 e. The maximum atomic E-state index is 12.0. The topological polar surface area (TPSA) is 63.6 Å². The number of ether oxygens (including phenoxy) is 1. The van der Waals surface area contributed by atoms with E-state index in [0.717, 1.165) is 11.8 Å². The molecule has 0 aromatic rings. The Kier molecular flexibility index (Phi) is 4.58. The van der Waals surface area contributed by atoms with Gasteiger partial charge in [-0.05, 0) is 26.3 Å². The predicted octanol–water partition coefficient (Wildman–Crippen LogP) is 2.90. The molecule has 1 unspecified atom stereocenters. The number of hydrogen-bond acceptors (Lipinski definition) is 5. The lowest BCUT2D eigenvalue weighted by Gasteiger charge is -2.19. The van der Waals surface area contributed by atoms with Gasteiger partial charge in [0.05, 0.1) is 4.75 Å². The van der Waals surface area contributed by atoms with Gasteiger partial charge in [-0.3, -0.25) is 4.79 Å². The molecule has 8 heteroatoms. The number of aliphatic hydroxyl groups excluding tert-OH is 1. The summed E-state index contributed by atoms with van der Waals surface area (Å²) in [7, 11) is 0. The Morgan fingerprint density at radius 2 is 2.05 bits per heavy atom. The molecule has 0 aliphatic carbocycles. The molecule has 0 saturated heterocycles. The third-order valence-electron chi connectivity index (χ3n) is 2.62. The number of carbonyl (C=O) groups excluding carboxylic acids is 2. The lowest BCUT2D eigenvalue weighted by atomic mass is 10.0. The van der Waals surface area contributed by atoms with Crippen LogP contribution in [0.3, 0.4) is 0 Å². The van der Waals surface area contributed by atoms with Crippen LogP contribution in [0.5, 0.6) is 0 Å². The van der Waals surface area contributed by atoms with E-state index >= 15 is 0 Å². The first-order chi connectivity index (χ1) is 8.97. The second-order valence-corrected chi connectivity index (χ2v) is 5.96. The fourth-order valence-corrected chi connectivity index (χ4v) is 2.80.